The lowest BCUT2D eigenvalue weighted by atomic mass is 10.0. The number of carbonyl (C=O) groups is 2. The van der Waals surface area contributed by atoms with Crippen molar-refractivity contribution in [1.29, 1.82) is 0 Å². The van der Waals surface area contributed by atoms with Crippen LogP contribution in [0.2, 0.25) is 0 Å². The minimum Gasteiger partial charge on any atom is -0.466 e. The van der Waals surface area contributed by atoms with E-state index in [-0.39, 0.29) is 18.5 Å². The molecule has 0 aromatic heterocycles. The van der Waals surface area contributed by atoms with Gasteiger partial charge in [-0.3, -0.25) is 9.59 Å². The van der Waals surface area contributed by atoms with E-state index in [1.807, 2.05) is 0 Å². The van der Waals surface area contributed by atoms with Gasteiger partial charge in [-0.05, 0) is 57.8 Å². The van der Waals surface area contributed by atoms with Gasteiger partial charge in [0.1, 0.15) is 0 Å². The first-order valence-electron chi connectivity index (χ1n) is 31.1. The van der Waals surface area contributed by atoms with Gasteiger partial charge in [0.15, 0.2) is 0 Å². The summed E-state index contributed by atoms with van der Waals surface area (Å²) >= 11 is 0. The smallest absolute Gasteiger partial charge is 0.305 e. The number of hydrogen-bond donors (Lipinski definition) is 3. The van der Waals surface area contributed by atoms with Crippen molar-refractivity contribution < 1.29 is 24.5 Å². The summed E-state index contributed by atoms with van der Waals surface area (Å²) in [5.41, 5.74) is 0. The second-order valence-corrected chi connectivity index (χ2v) is 21.4. The number of ether oxygens (including phenoxy) is 1. The molecule has 408 valence electrons. The van der Waals surface area contributed by atoms with Gasteiger partial charge < -0.3 is 20.3 Å². The molecule has 3 N–H and O–H groups in total. The Morgan fingerprint density at radius 3 is 1.13 bits per heavy atom. The Kier molecular flexibility index (Phi) is 57.5. The summed E-state index contributed by atoms with van der Waals surface area (Å²) in [6.45, 7) is 4.94. The third kappa shape index (κ3) is 55.5. The van der Waals surface area contributed by atoms with Crippen molar-refractivity contribution in [3.05, 3.63) is 24.3 Å². The van der Waals surface area contributed by atoms with Gasteiger partial charge in [-0.2, -0.15) is 0 Å². The molecule has 0 aromatic rings. The van der Waals surface area contributed by atoms with Gasteiger partial charge in [0.2, 0.25) is 5.91 Å². The quantitative estimate of drug-likeness (QED) is 0.0321. The number of aliphatic hydroxyl groups is 2. The Labute approximate surface area is 431 Å². The maximum Gasteiger partial charge on any atom is 0.305 e. The summed E-state index contributed by atoms with van der Waals surface area (Å²) in [7, 11) is 0. The molecule has 0 aliphatic heterocycles. The van der Waals surface area contributed by atoms with Crippen LogP contribution in [0, 0.1) is 0 Å². The first kappa shape index (κ1) is 67.3. The van der Waals surface area contributed by atoms with Crippen LogP contribution in [0.3, 0.4) is 0 Å². The van der Waals surface area contributed by atoms with Crippen LogP contribution in [0.5, 0.6) is 0 Å². The first-order valence-corrected chi connectivity index (χ1v) is 31.1. The van der Waals surface area contributed by atoms with Gasteiger partial charge in [-0.25, -0.2) is 0 Å². The molecular formula is C63H121NO5. The third-order valence-corrected chi connectivity index (χ3v) is 14.5. The zero-order valence-corrected chi connectivity index (χ0v) is 46.6. The van der Waals surface area contributed by atoms with Crippen molar-refractivity contribution in [1.82, 2.24) is 5.32 Å². The SMILES string of the molecule is CCCCC/C=C\C/C=C\CCCCCCCCCC(=O)OCCCCCCCCCCCCCCCCCCCCCCCC(=O)NC(CO)C(O)CCCCCCCCCCCCCCCC. The lowest BCUT2D eigenvalue weighted by Crippen LogP contribution is -2.45. The normalized spacial score (nSPS) is 12.7. The van der Waals surface area contributed by atoms with Crippen molar-refractivity contribution in [3.8, 4) is 0 Å². The number of rotatable bonds is 58. The number of unbranched alkanes of at least 4 members (excludes halogenated alkanes) is 43. The molecule has 6 nitrogen and oxygen atoms in total. The van der Waals surface area contributed by atoms with Crippen LogP contribution >= 0.6 is 0 Å². The Balaban J connectivity index is 3.37. The van der Waals surface area contributed by atoms with Crippen LogP contribution in [-0.4, -0.2) is 47.4 Å². The maximum absolute atomic E-state index is 12.5. The molecule has 0 saturated carbocycles. The highest BCUT2D eigenvalue weighted by molar-refractivity contribution is 5.76. The van der Waals surface area contributed by atoms with E-state index in [0.717, 1.165) is 51.4 Å². The summed E-state index contributed by atoms with van der Waals surface area (Å²) in [6, 6.07) is -0.542. The lowest BCUT2D eigenvalue weighted by Gasteiger charge is -2.22. The monoisotopic (exact) mass is 972 g/mol. The van der Waals surface area contributed by atoms with Gasteiger partial charge >= 0.3 is 5.97 Å². The highest BCUT2D eigenvalue weighted by atomic mass is 16.5. The summed E-state index contributed by atoms with van der Waals surface area (Å²) in [5, 5.41) is 23.3. The maximum atomic E-state index is 12.5. The topological polar surface area (TPSA) is 95.9 Å². The second kappa shape index (κ2) is 58.9. The largest absolute Gasteiger partial charge is 0.466 e. The van der Waals surface area contributed by atoms with E-state index in [1.165, 1.54) is 257 Å². The molecule has 0 spiro atoms. The first-order chi connectivity index (χ1) is 34.0. The number of hydrogen-bond acceptors (Lipinski definition) is 5. The van der Waals surface area contributed by atoms with Crippen LogP contribution in [0.1, 0.15) is 341 Å². The summed E-state index contributed by atoms with van der Waals surface area (Å²) in [5.74, 6) is -0.0298. The fourth-order valence-corrected chi connectivity index (χ4v) is 9.73. The highest BCUT2D eigenvalue weighted by Gasteiger charge is 2.20. The van der Waals surface area contributed by atoms with E-state index >= 15 is 0 Å². The van der Waals surface area contributed by atoms with Gasteiger partial charge in [-0.15, -0.1) is 0 Å². The number of esters is 1. The molecule has 2 unspecified atom stereocenters. The van der Waals surface area contributed by atoms with Crippen LogP contribution < -0.4 is 5.32 Å². The number of amides is 1. The molecule has 0 aromatic carbocycles. The zero-order chi connectivity index (χ0) is 50.0. The van der Waals surface area contributed by atoms with Crippen LogP contribution in [-0.2, 0) is 14.3 Å². The molecule has 0 fully saturated rings. The third-order valence-electron chi connectivity index (χ3n) is 14.5. The van der Waals surface area contributed by atoms with E-state index in [4.69, 9.17) is 4.74 Å². The molecule has 0 bridgehead atoms. The molecule has 1 amide bonds. The molecule has 6 heteroatoms. The molecule has 0 aliphatic rings. The molecule has 0 saturated heterocycles. The predicted octanol–water partition coefficient (Wildman–Crippen LogP) is 19.4. The van der Waals surface area contributed by atoms with Crippen LogP contribution in [0.25, 0.3) is 0 Å². The Bertz CT molecular complexity index is 1080. The second-order valence-electron chi connectivity index (χ2n) is 21.4. The van der Waals surface area contributed by atoms with E-state index in [1.54, 1.807) is 0 Å². The van der Waals surface area contributed by atoms with Gasteiger partial charge in [0, 0.05) is 12.8 Å². The van der Waals surface area contributed by atoms with E-state index in [0.29, 0.717) is 25.9 Å². The average molecular weight is 973 g/mol. The minimum atomic E-state index is -0.664. The molecule has 0 heterocycles. The van der Waals surface area contributed by atoms with Crippen molar-refractivity contribution >= 4 is 11.9 Å². The minimum absolute atomic E-state index is 0.00469. The number of allylic oxidation sites excluding steroid dienone is 4. The van der Waals surface area contributed by atoms with Crippen molar-refractivity contribution in [2.45, 2.75) is 353 Å². The fourth-order valence-electron chi connectivity index (χ4n) is 9.73. The van der Waals surface area contributed by atoms with Crippen molar-refractivity contribution in [3.63, 3.8) is 0 Å². The molecule has 0 aliphatic carbocycles. The Morgan fingerprint density at radius 1 is 0.406 bits per heavy atom. The van der Waals surface area contributed by atoms with Gasteiger partial charge in [-0.1, -0.05) is 295 Å². The summed E-state index contributed by atoms with van der Waals surface area (Å²) < 4.78 is 5.49. The molecule has 0 radical (unpaired) electrons. The number of carbonyl (C=O) groups excluding carboxylic acids is 2. The van der Waals surface area contributed by atoms with Gasteiger partial charge in [0.05, 0.1) is 25.4 Å². The molecular weight excluding hydrogens is 851 g/mol. The standard InChI is InChI=1S/C63H121NO5/c1-3-5-7-9-11-13-15-17-19-25-29-33-37-41-45-49-53-57-63(68)69-58-54-50-46-42-38-34-30-27-24-22-20-21-23-26-28-32-36-40-44-48-52-56-62(67)64-60(59-65)61(66)55-51-47-43-39-35-31-18-16-14-12-10-8-6-4-2/h11,13,17,19,60-61,65-66H,3-10,12,14-16,18,20-59H2,1-2H3,(H,64,67)/b13-11-,19-17-. The van der Waals surface area contributed by atoms with E-state index in [9.17, 15) is 19.8 Å². The Hall–Kier alpha value is -1.66. The average Bonchev–Trinajstić information content (AvgIpc) is 3.35. The fraction of sp³-hybridized carbons (Fsp3) is 0.905. The van der Waals surface area contributed by atoms with E-state index < -0.39 is 12.1 Å². The van der Waals surface area contributed by atoms with Crippen LogP contribution in [0.4, 0.5) is 0 Å². The van der Waals surface area contributed by atoms with Crippen LogP contribution in [0.15, 0.2) is 24.3 Å². The van der Waals surface area contributed by atoms with E-state index in [2.05, 4.69) is 43.5 Å². The highest BCUT2D eigenvalue weighted by Crippen LogP contribution is 2.18. The molecule has 2 atom stereocenters. The predicted molar refractivity (Wildman–Crippen MR) is 301 cm³/mol. The zero-order valence-electron chi connectivity index (χ0n) is 46.6. The van der Waals surface area contributed by atoms with Crippen molar-refractivity contribution in [2.24, 2.45) is 0 Å². The number of aliphatic hydroxyl groups excluding tert-OH is 2. The molecule has 69 heavy (non-hydrogen) atoms. The lowest BCUT2D eigenvalue weighted by molar-refractivity contribution is -0.143. The van der Waals surface area contributed by atoms with Gasteiger partial charge in [0.25, 0.3) is 0 Å². The molecule has 0 rings (SSSR count). The number of nitrogens with one attached hydrogen (secondary N) is 1. The van der Waals surface area contributed by atoms with Crippen molar-refractivity contribution in [2.75, 3.05) is 13.2 Å². The Morgan fingerprint density at radius 2 is 0.725 bits per heavy atom. The summed E-state index contributed by atoms with van der Waals surface area (Å²) in [4.78, 5) is 24.6. The summed E-state index contributed by atoms with van der Waals surface area (Å²) in [6.07, 6.45) is 71.8.